The van der Waals surface area contributed by atoms with E-state index in [1.807, 2.05) is 38.2 Å². The zero-order valence-electron chi connectivity index (χ0n) is 13.5. The van der Waals surface area contributed by atoms with E-state index in [2.05, 4.69) is 5.10 Å². The van der Waals surface area contributed by atoms with Crippen LogP contribution in [-0.4, -0.2) is 21.3 Å². The van der Waals surface area contributed by atoms with Crippen LogP contribution in [0.5, 0.6) is 0 Å². The third kappa shape index (κ3) is 3.92. The highest BCUT2D eigenvalue weighted by Crippen LogP contribution is 2.17. The summed E-state index contributed by atoms with van der Waals surface area (Å²) in [6.07, 6.45) is 4.13. The molecule has 0 unspecified atom stereocenters. The Kier molecular flexibility index (Phi) is 5.07. The zero-order chi connectivity index (χ0) is 17.0. The minimum atomic E-state index is -1.24. The maximum Gasteiger partial charge on any atom is 0.187 e. The van der Waals surface area contributed by atoms with E-state index in [1.165, 1.54) is 0 Å². The summed E-state index contributed by atoms with van der Waals surface area (Å²) in [5.41, 5.74) is 3.18. The molecular weight excluding hydrogens is 290 g/mol. The lowest BCUT2D eigenvalue weighted by Gasteiger charge is -2.10. The van der Waals surface area contributed by atoms with Crippen molar-refractivity contribution in [3.05, 3.63) is 52.8 Å². The van der Waals surface area contributed by atoms with Gasteiger partial charge in [-0.3, -0.25) is 14.3 Å². The summed E-state index contributed by atoms with van der Waals surface area (Å²) in [4.78, 5) is 24.8. The maximum atomic E-state index is 12.5. The highest BCUT2D eigenvalue weighted by molar-refractivity contribution is 6.13. The summed E-state index contributed by atoms with van der Waals surface area (Å²) in [6, 6.07) is 7.24. The van der Waals surface area contributed by atoms with Gasteiger partial charge in [-0.15, -0.1) is 0 Å². The molecule has 0 fully saturated rings. The quantitative estimate of drug-likeness (QED) is 0.607. The van der Waals surface area contributed by atoms with Crippen molar-refractivity contribution in [3.63, 3.8) is 0 Å². The van der Waals surface area contributed by atoms with Crippen LogP contribution in [0.4, 0.5) is 0 Å². The number of hydrogen-bond donors (Lipinski definition) is 0. The first kappa shape index (κ1) is 16.6. The van der Waals surface area contributed by atoms with Gasteiger partial charge in [0.2, 0.25) is 0 Å². The fraction of sp³-hybridized carbons (Fsp3) is 0.333. The zero-order valence-corrected chi connectivity index (χ0v) is 13.5. The molecule has 0 aliphatic rings. The standard InChI is InChI=1S/C18H19N3O2/c1-12-4-6-15(13(2)8-12)18(23)16(9-19)17(22)7-5-14-10-20-21(3)11-14/h4,6,8,10-11,16H,5,7H2,1-3H3/t16-/m1/s1. The Morgan fingerprint density at radius 2 is 2.09 bits per heavy atom. The number of nitrogens with zero attached hydrogens (tertiary/aromatic N) is 3. The third-order valence-electron chi connectivity index (χ3n) is 3.78. The molecule has 2 aromatic rings. The van der Waals surface area contributed by atoms with Crippen LogP contribution in [0, 0.1) is 31.1 Å². The summed E-state index contributed by atoms with van der Waals surface area (Å²) >= 11 is 0. The van der Waals surface area contributed by atoms with E-state index in [9.17, 15) is 14.9 Å². The molecule has 0 N–H and O–H groups in total. The summed E-state index contributed by atoms with van der Waals surface area (Å²) in [6.45, 7) is 3.75. The average Bonchev–Trinajstić information content (AvgIpc) is 2.91. The lowest BCUT2D eigenvalue weighted by atomic mass is 9.89. The Hall–Kier alpha value is -2.74. The molecule has 1 aromatic carbocycles. The lowest BCUT2D eigenvalue weighted by molar-refractivity contribution is -0.120. The van der Waals surface area contributed by atoms with Gasteiger partial charge in [0.05, 0.1) is 12.3 Å². The third-order valence-corrected chi connectivity index (χ3v) is 3.78. The van der Waals surface area contributed by atoms with Crippen LogP contribution < -0.4 is 0 Å². The van der Waals surface area contributed by atoms with Gasteiger partial charge in [-0.25, -0.2) is 0 Å². The molecule has 0 amide bonds. The number of benzene rings is 1. The predicted molar refractivity (Wildman–Crippen MR) is 85.9 cm³/mol. The van der Waals surface area contributed by atoms with Crippen molar-refractivity contribution >= 4 is 11.6 Å². The Morgan fingerprint density at radius 1 is 1.35 bits per heavy atom. The van der Waals surface area contributed by atoms with E-state index in [0.29, 0.717) is 12.0 Å². The number of carbonyl (C=O) groups is 2. The molecule has 0 aliphatic heterocycles. The number of aryl methyl sites for hydroxylation is 4. The van der Waals surface area contributed by atoms with Crippen molar-refractivity contribution in [2.45, 2.75) is 26.7 Å². The minimum absolute atomic E-state index is 0.153. The van der Waals surface area contributed by atoms with Crippen molar-refractivity contribution in [2.75, 3.05) is 0 Å². The molecule has 2 rings (SSSR count). The van der Waals surface area contributed by atoms with Gasteiger partial charge in [0.25, 0.3) is 0 Å². The molecule has 0 radical (unpaired) electrons. The van der Waals surface area contributed by atoms with Gasteiger partial charge in [-0.05, 0) is 31.4 Å². The molecule has 0 saturated heterocycles. The number of rotatable bonds is 6. The van der Waals surface area contributed by atoms with E-state index in [1.54, 1.807) is 24.0 Å². The number of hydrogen-bond acceptors (Lipinski definition) is 4. The van der Waals surface area contributed by atoms with Crippen molar-refractivity contribution in [3.8, 4) is 6.07 Å². The molecular formula is C18H19N3O2. The van der Waals surface area contributed by atoms with Gasteiger partial charge >= 0.3 is 0 Å². The second-order valence-electron chi connectivity index (χ2n) is 5.73. The first-order valence-corrected chi connectivity index (χ1v) is 7.43. The largest absolute Gasteiger partial charge is 0.298 e. The van der Waals surface area contributed by atoms with Crippen molar-refractivity contribution < 1.29 is 9.59 Å². The minimum Gasteiger partial charge on any atom is -0.298 e. The van der Waals surface area contributed by atoms with Crippen molar-refractivity contribution in [2.24, 2.45) is 13.0 Å². The van der Waals surface area contributed by atoms with Gasteiger partial charge in [-0.2, -0.15) is 10.4 Å². The number of ketones is 2. The van der Waals surface area contributed by atoms with Crippen molar-refractivity contribution in [1.82, 2.24) is 9.78 Å². The van der Waals surface area contributed by atoms with E-state index >= 15 is 0 Å². The van der Waals surface area contributed by atoms with Crippen LogP contribution in [-0.2, 0) is 18.3 Å². The normalized spacial score (nSPS) is 11.7. The molecule has 1 heterocycles. The predicted octanol–water partition coefficient (Wildman–Crippen LogP) is 2.56. The summed E-state index contributed by atoms with van der Waals surface area (Å²) < 4.78 is 1.66. The Bertz CT molecular complexity index is 784. The number of aromatic nitrogens is 2. The second-order valence-corrected chi connectivity index (χ2v) is 5.73. The molecule has 0 bridgehead atoms. The molecule has 1 aromatic heterocycles. The monoisotopic (exact) mass is 309 g/mol. The first-order chi connectivity index (χ1) is 10.9. The summed E-state index contributed by atoms with van der Waals surface area (Å²) in [5.74, 6) is -2.00. The van der Waals surface area contributed by atoms with Gasteiger partial charge in [0, 0.05) is 25.2 Å². The smallest absolute Gasteiger partial charge is 0.187 e. The van der Waals surface area contributed by atoms with Crippen LogP contribution >= 0.6 is 0 Å². The Morgan fingerprint density at radius 3 is 2.65 bits per heavy atom. The van der Waals surface area contributed by atoms with Gasteiger partial charge in [0.1, 0.15) is 0 Å². The van der Waals surface area contributed by atoms with Gasteiger partial charge in [-0.1, -0.05) is 23.8 Å². The number of nitriles is 1. The molecule has 0 saturated carbocycles. The van der Waals surface area contributed by atoms with Crippen LogP contribution in [0.3, 0.4) is 0 Å². The molecule has 5 nitrogen and oxygen atoms in total. The Labute approximate surface area is 135 Å². The van der Waals surface area contributed by atoms with E-state index in [-0.39, 0.29) is 12.2 Å². The molecule has 5 heteroatoms. The second kappa shape index (κ2) is 7.01. The van der Waals surface area contributed by atoms with Gasteiger partial charge in [0.15, 0.2) is 17.5 Å². The summed E-state index contributed by atoms with van der Waals surface area (Å²) in [5, 5.41) is 13.3. The van der Waals surface area contributed by atoms with E-state index in [0.717, 1.165) is 16.7 Å². The van der Waals surface area contributed by atoms with Crippen LogP contribution in [0.15, 0.2) is 30.6 Å². The molecule has 118 valence electrons. The van der Waals surface area contributed by atoms with E-state index in [4.69, 9.17) is 0 Å². The Balaban J connectivity index is 2.10. The first-order valence-electron chi connectivity index (χ1n) is 7.43. The fourth-order valence-electron chi connectivity index (χ4n) is 2.54. The van der Waals surface area contributed by atoms with Crippen molar-refractivity contribution in [1.29, 1.82) is 5.26 Å². The van der Waals surface area contributed by atoms with Gasteiger partial charge < -0.3 is 0 Å². The maximum absolute atomic E-state index is 12.5. The summed E-state index contributed by atoms with van der Waals surface area (Å²) in [7, 11) is 1.80. The fourth-order valence-corrected chi connectivity index (χ4v) is 2.54. The number of Topliss-reactive ketones (excluding diaryl/α,β-unsaturated/α-hetero) is 2. The molecule has 0 spiro atoms. The van der Waals surface area contributed by atoms with E-state index < -0.39 is 11.7 Å². The molecule has 0 aliphatic carbocycles. The van der Waals surface area contributed by atoms with Crippen LogP contribution in [0.1, 0.15) is 33.5 Å². The molecule has 1 atom stereocenters. The lowest BCUT2D eigenvalue weighted by Crippen LogP contribution is -2.24. The average molecular weight is 309 g/mol. The topological polar surface area (TPSA) is 75.8 Å². The number of carbonyl (C=O) groups excluding carboxylic acids is 2. The highest BCUT2D eigenvalue weighted by Gasteiger charge is 2.28. The molecule has 23 heavy (non-hydrogen) atoms. The van der Waals surface area contributed by atoms with Crippen LogP contribution in [0.2, 0.25) is 0 Å². The van der Waals surface area contributed by atoms with Crippen LogP contribution in [0.25, 0.3) is 0 Å². The SMILES string of the molecule is Cc1ccc(C(=O)[C@H](C#N)C(=O)CCc2cnn(C)c2)c(C)c1. The highest BCUT2D eigenvalue weighted by atomic mass is 16.1.